The summed E-state index contributed by atoms with van der Waals surface area (Å²) < 4.78 is 2.99. The molecule has 0 aromatic carbocycles. The maximum Gasteiger partial charge on any atom is 0.310 e. The lowest BCUT2D eigenvalue weighted by atomic mass is 10.5. The third-order valence-corrected chi connectivity index (χ3v) is 1.05. The third-order valence-electron chi connectivity index (χ3n) is 0.650. The number of hydrogen-bond acceptors (Lipinski definition) is 2. The van der Waals surface area contributed by atoms with Gasteiger partial charge in [0, 0.05) is 0 Å². The maximum atomic E-state index is 10.6. The number of alkyl halides is 3. The number of carbonyl (C=O) groups is 1. The number of rotatable bonds is 2. The molecule has 0 saturated carbocycles. The van der Waals surface area contributed by atoms with Crippen LogP contribution >= 0.6 is 34.8 Å². The maximum absolute atomic E-state index is 10.6. The van der Waals surface area contributed by atoms with Crippen LogP contribution < -0.4 is 0 Å². The van der Waals surface area contributed by atoms with E-state index in [1.807, 2.05) is 0 Å². The smallest absolute Gasteiger partial charge is 0.310 e. The summed E-state index contributed by atoms with van der Waals surface area (Å²) in [4.78, 5) is 10.6. The van der Waals surface area contributed by atoms with Crippen LogP contribution in [0.15, 0.2) is 0 Å². The van der Waals surface area contributed by atoms with E-state index < -0.39 is 9.76 Å². The van der Waals surface area contributed by atoms with Crippen molar-refractivity contribution < 1.29 is 9.53 Å². The minimum absolute atomic E-state index is 0.203. The Labute approximate surface area is 74.4 Å². The standard InChI is InChI=1S/C5H7Cl3O2/c1-2-10-4(9)3-5(6,7)8/h2-3H2,1H3. The van der Waals surface area contributed by atoms with Gasteiger partial charge in [-0.1, -0.05) is 34.8 Å². The number of halogens is 3. The Morgan fingerprint density at radius 1 is 1.50 bits per heavy atom. The van der Waals surface area contributed by atoms with Crippen molar-refractivity contribution in [2.45, 2.75) is 17.1 Å². The van der Waals surface area contributed by atoms with Gasteiger partial charge in [0.25, 0.3) is 0 Å². The second kappa shape index (κ2) is 4.27. The summed E-state index contributed by atoms with van der Waals surface area (Å²) in [5, 5.41) is 0. The highest BCUT2D eigenvalue weighted by Gasteiger charge is 2.24. The van der Waals surface area contributed by atoms with E-state index in [0.717, 1.165) is 0 Å². The third kappa shape index (κ3) is 6.46. The van der Waals surface area contributed by atoms with E-state index in [1.54, 1.807) is 6.92 Å². The van der Waals surface area contributed by atoms with Gasteiger partial charge >= 0.3 is 5.97 Å². The molecule has 0 spiro atoms. The van der Waals surface area contributed by atoms with E-state index in [9.17, 15) is 4.79 Å². The van der Waals surface area contributed by atoms with E-state index in [1.165, 1.54) is 0 Å². The minimum atomic E-state index is -1.54. The summed E-state index contributed by atoms with van der Waals surface area (Å²) in [7, 11) is 0. The molecule has 0 N–H and O–H groups in total. The Morgan fingerprint density at radius 2 is 2.00 bits per heavy atom. The monoisotopic (exact) mass is 204 g/mol. The molecule has 0 aliphatic rings. The van der Waals surface area contributed by atoms with Crippen molar-refractivity contribution in [3.63, 3.8) is 0 Å². The van der Waals surface area contributed by atoms with Crippen LogP contribution in [0.3, 0.4) is 0 Å². The zero-order chi connectivity index (χ0) is 8.20. The second-order valence-electron chi connectivity index (χ2n) is 1.60. The van der Waals surface area contributed by atoms with Crippen molar-refractivity contribution in [3.8, 4) is 0 Å². The summed E-state index contributed by atoms with van der Waals surface area (Å²) in [6, 6.07) is 0. The molecule has 0 bridgehead atoms. The molecule has 60 valence electrons. The van der Waals surface area contributed by atoms with Gasteiger partial charge in [0.05, 0.1) is 13.0 Å². The van der Waals surface area contributed by atoms with Crippen molar-refractivity contribution in [1.82, 2.24) is 0 Å². The second-order valence-corrected chi connectivity index (χ2v) is 4.11. The zero-order valence-corrected chi connectivity index (χ0v) is 7.63. The van der Waals surface area contributed by atoms with Crippen LogP contribution in [0.5, 0.6) is 0 Å². The van der Waals surface area contributed by atoms with Gasteiger partial charge in [0.1, 0.15) is 0 Å². The Kier molecular flexibility index (Phi) is 4.41. The Bertz CT molecular complexity index is 119. The highest BCUT2D eigenvalue weighted by Crippen LogP contribution is 2.30. The lowest BCUT2D eigenvalue weighted by Crippen LogP contribution is -2.13. The van der Waals surface area contributed by atoms with E-state index in [2.05, 4.69) is 4.74 Å². The van der Waals surface area contributed by atoms with Crippen LogP contribution in [0.1, 0.15) is 13.3 Å². The van der Waals surface area contributed by atoms with Crippen molar-refractivity contribution in [3.05, 3.63) is 0 Å². The van der Waals surface area contributed by atoms with Crippen LogP contribution in [0, 0.1) is 0 Å². The molecule has 0 aromatic heterocycles. The molecule has 0 saturated heterocycles. The average Bonchev–Trinajstić information content (AvgIpc) is 1.59. The molecule has 5 heteroatoms. The molecule has 2 nitrogen and oxygen atoms in total. The Hall–Kier alpha value is 0.340. The van der Waals surface area contributed by atoms with Crippen LogP contribution in [0.2, 0.25) is 0 Å². The number of carbonyl (C=O) groups excluding carboxylic acids is 1. The first kappa shape index (κ1) is 10.3. The molecular weight excluding hydrogens is 198 g/mol. The predicted octanol–water partition coefficient (Wildman–Crippen LogP) is 2.31. The molecule has 0 atom stereocenters. The van der Waals surface area contributed by atoms with E-state index in [-0.39, 0.29) is 6.42 Å². The van der Waals surface area contributed by atoms with Crippen LogP contribution in [-0.2, 0) is 9.53 Å². The summed E-state index contributed by atoms with van der Waals surface area (Å²) >= 11 is 15.9. The predicted molar refractivity (Wildman–Crippen MR) is 41.5 cm³/mol. The van der Waals surface area contributed by atoms with Gasteiger partial charge in [-0.25, -0.2) is 0 Å². The van der Waals surface area contributed by atoms with Crippen LogP contribution in [0.25, 0.3) is 0 Å². The first-order valence-corrected chi connectivity index (χ1v) is 3.81. The van der Waals surface area contributed by atoms with Gasteiger partial charge in [-0.3, -0.25) is 4.79 Å². The van der Waals surface area contributed by atoms with Gasteiger partial charge in [-0.15, -0.1) is 0 Å². The first-order chi connectivity index (χ1) is 4.45. The molecule has 0 unspecified atom stereocenters. The quantitative estimate of drug-likeness (QED) is 0.511. The van der Waals surface area contributed by atoms with Crippen molar-refractivity contribution >= 4 is 40.8 Å². The molecule has 0 aromatic rings. The van der Waals surface area contributed by atoms with Gasteiger partial charge < -0.3 is 4.74 Å². The molecule has 0 rings (SSSR count). The Morgan fingerprint density at radius 3 is 2.30 bits per heavy atom. The fraction of sp³-hybridized carbons (Fsp3) is 0.800. The minimum Gasteiger partial charge on any atom is -0.466 e. The van der Waals surface area contributed by atoms with Gasteiger partial charge in [-0.2, -0.15) is 0 Å². The molecule has 10 heavy (non-hydrogen) atoms. The Balaban J connectivity index is 3.58. The first-order valence-electron chi connectivity index (χ1n) is 2.68. The normalized spacial score (nSPS) is 11.2. The number of esters is 1. The topological polar surface area (TPSA) is 26.3 Å². The van der Waals surface area contributed by atoms with E-state index in [0.29, 0.717) is 6.61 Å². The highest BCUT2D eigenvalue weighted by atomic mass is 35.6. The molecule has 0 aliphatic carbocycles. The van der Waals surface area contributed by atoms with Crippen LogP contribution in [0.4, 0.5) is 0 Å². The lowest BCUT2D eigenvalue weighted by molar-refractivity contribution is -0.142. The van der Waals surface area contributed by atoms with Crippen molar-refractivity contribution in [1.29, 1.82) is 0 Å². The number of hydrogen-bond donors (Lipinski definition) is 0. The molecule has 0 aliphatic heterocycles. The van der Waals surface area contributed by atoms with Gasteiger partial charge in [0.2, 0.25) is 3.79 Å². The fourth-order valence-corrected chi connectivity index (χ4v) is 0.703. The number of ether oxygens (including phenoxy) is 1. The van der Waals surface area contributed by atoms with Gasteiger partial charge in [0.15, 0.2) is 0 Å². The molecule has 0 radical (unpaired) electrons. The SMILES string of the molecule is CCOC(=O)CC(Cl)(Cl)Cl. The summed E-state index contributed by atoms with van der Waals surface area (Å²) in [6.45, 7) is 2.00. The fourth-order valence-electron chi connectivity index (χ4n) is 0.376. The van der Waals surface area contributed by atoms with Gasteiger partial charge in [-0.05, 0) is 6.92 Å². The summed E-state index contributed by atoms with van der Waals surface area (Å²) in [5.74, 6) is -0.498. The largest absolute Gasteiger partial charge is 0.466 e. The molecule has 0 heterocycles. The van der Waals surface area contributed by atoms with Crippen LogP contribution in [-0.4, -0.2) is 16.4 Å². The zero-order valence-electron chi connectivity index (χ0n) is 5.36. The highest BCUT2D eigenvalue weighted by molar-refractivity contribution is 6.68. The summed E-state index contributed by atoms with van der Waals surface area (Å²) in [6.07, 6.45) is -0.203. The molecule has 0 fully saturated rings. The summed E-state index contributed by atoms with van der Waals surface area (Å²) in [5.41, 5.74) is 0. The average molecular weight is 205 g/mol. The van der Waals surface area contributed by atoms with Crippen molar-refractivity contribution in [2.75, 3.05) is 6.61 Å². The van der Waals surface area contributed by atoms with E-state index in [4.69, 9.17) is 34.8 Å². The van der Waals surface area contributed by atoms with E-state index >= 15 is 0 Å². The molecular formula is C5H7Cl3O2. The molecule has 0 amide bonds. The lowest BCUT2D eigenvalue weighted by Gasteiger charge is -2.08. The van der Waals surface area contributed by atoms with Crippen molar-refractivity contribution in [2.24, 2.45) is 0 Å².